The highest BCUT2D eigenvalue weighted by Crippen LogP contribution is 2.35. The van der Waals surface area contributed by atoms with Gasteiger partial charge in [-0.2, -0.15) is 13.2 Å². The number of benzene rings is 1. The Balaban J connectivity index is 3.11. The molecule has 0 bridgehead atoms. The third kappa shape index (κ3) is 3.99. The maximum Gasteiger partial charge on any atom is 0.416 e. The molecule has 0 aromatic heterocycles. The molecule has 2 nitrogen and oxygen atoms in total. The highest BCUT2D eigenvalue weighted by Gasteiger charge is 2.35. The van der Waals surface area contributed by atoms with Crippen LogP contribution in [0.15, 0.2) is 24.3 Å². The van der Waals surface area contributed by atoms with Gasteiger partial charge in [-0.15, -0.1) is 0 Å². The normalized spacial score (nSPS) is 13.9. The number of hydrogen-bond donors (Lipinski definition) is 1. The van der Waals surface area contributed by atoms with E-state index in [0.29, 0.717) is 6.54 Å². The maximum absolute atomic E-state index is 12.9. The van der Waals surface area contributed by atoms with Crippen molar-refractivity contribution in [2.75, 3.05) is 13.6 Å². The molecule has 1 atom stereocenters. The van der Waals surface area contributed by atoms with Gasteiger partial charge in [-0.3, -0.25) is 0 Å². The van der Waals surface area contributed by atoms with Crippen molar-refractivity contribution in [3.05, 3.63) is 35.4 Å². The molecule has 0 aliphatic rings. The smallest absolute Gasteiger partial charge is 0.370 e. The number of halogens is 3. The van der Waals surface area contributed by atoms with Crippen LogP contribution >= 0.6 is 0 Å². The minimum atomic E-state index is -4.36. The second kappa shape index (κ2) is 6.20. The Kier molecular flexibility index (Phi) is 5.16. The summed E-state index contributed by atoms with van der Waals surface area (Å²) >= 11 is 0. The average Bonchev–Trinajstić information content (AvgIpc) is 2.27. The lowest BCUT2D eigenvalue weighted by atomic mass is 10.0. The van der Waals surface area contributed by atoms with Gasteiger partial charge >= 0.3 is 6.18 Å². The molecule has 0 saturated carbocycles. The van der Waals surface area contributed by atoms with Crippen LogP contribution in [-0.4, -0.2) is 19.7 Å². The van der Waals surface area contributed by atoms with Gasteiger partial charge in [0.05, 0.1) is 17.8 Å². The minimum Gasteiger partial charge on any atom is -0.370 e. The third-order valence-electron chi connectivity index (χ3n) is 2.44. The third-order valence-corrected chi connectivity index (χ3v) is 2.44. The summed E-state index contributed by atoms with van der Waals surface area (Å²) in [6.45, 7) is 3.95. The number of likely N-dealkylation sites (N-methyl/N-ethyl adjacent to an activating group) is 1. The van der Waals surface area contributed by atoms with Crippen molar-refractivity contribution >= 4 is 0 Å². The first-order chi connectivity index (χ1) is 8.36. The summed E-state index contributed by atoms with van der Waals surface area (Å²) in [4.78, 5) is 0. The van der Waals surface area contributed by atoms with Crippen LogP contribution in [0.2, 0.25) is 0 Å². The molecular weight excluding hydrogens is 243 g/mol. The van der Waals surface area contributed by atoms with Crippen LogP contribution < -0.4 is 5.32 Å². The Morgan fingerprint density at radius 1 is 1.22 bits per heavy atom. The van der Waals surface area contributed by atoms with Gasteiger partial charge < -0.3 is 10.1 Å². The van der Waals surface area contributed by atoms with Crippen LogP contribution in [0.5, 0.6) is 0 Å². The van der Waals surface area contributed by atoms with Gasteiger partial charge in [-0.05, 0) is 32.5 Å². The fourth-order valence-electron chi connectivity index (χ4n) is 1.78. The molecule has 1 rings (SSSR count). The zero-order valence-corrected chi connectivity index (χ0v) is 10.7. The van der Waals surface area contributed by atoms with Crippen LogP contribution in [0.3, 0.4) is 0 Å². The van der Waals surface area contributed by atoms with Crippen molar-refractivity contribution in [1.82, 2.24) is 5.32 Å². The second-order valence-electron chi connectivity index (χ2n) is 4.32. The van der Waals surface area contributed by atoms with Gasteiger partial charge in [0, 0.05) is 6.54 Å². The van der Waals surface area contributed by atoms with Gasteiger partial charge in [0.1, 0.15) is 0 Å². The predicted molar refractivity (Wildman–Crippen MR) is 64.3 cm³/mol. The SMILES string of the molecule is CNC[C@H](OC(C)C)c1ccccc1C(F)(F)F. The van der Waals surface area contributed by atoms with Crippen molar-refractivity contribution < 1.29 is 17.9 Å². The first kappa shape index (κ1) is 15.0. The van der Waals surface area contributed by atoms with Crippen molar-refractivity contribution in [2.24, 2.45) is 0 Å². The Labute approximate surface area is 105 Å². The summed E-state index contributed by atoms with van der Waals surface area (Å²) < 4.78 is 44.3. The van der Waals surface area contributed by atoms with E-state index < -0.39 is 17.8 Å². The van der Waals surface area contributed by atoms with Crippen molar-refractivity contribution in [1.29, 1.82) is 0 Å². The molecule has 0 radical (unpaired) electrons. The van der Waals surface area contributed by atoms with Crippen molar-refractivity contribution in [2.45, 2.75) is 32.2 Å². The van der Waals surface area contributed by atoms with E-state index >= 15 is 0 Å². The lowest BCUT2D eigenvalue weighted by Crippen LogP contribution is -2.24. The highest BCUT2D eigenvalue weighted by molar-refractivity contribution is 5.31. The molecule has 5 heteroatoms. The Bertz CT molecular complexity index is 377. The lowest BCUT2D eigenvalue weighted by Gasteiger charge is -2.23. The quantitative estimate of drug-likeness (QED) is 0.877. The van der Waals surface area contributed by atoms with Gasteiger partial charge in [0.15, 0.2) is 0 Å². The molecule has 0 aliphatic carbocycles. The molecule has 1 aromatic carbocycles. The maximum atomic E-state index is 12.9. The first-order valence-corrected chi connectivity index (χ1v) is 5.82. The zero-order chi connectivity index (χ0) is 13.8. The minimum absolute atomic E-state index is 0.135. The largest absolute Gasteiger partial charge is 0.416 e. The van der Waals surface area contributed by atoms with Crippen LogP contribution in [0.4, 0.5) is 13.2 Å². The van der Waals surface area contributed by atoms with Crippen LogP contribution in [0.25, 0.3) is 0 Å². The molecule has 102 valence electrons. The van der Waals surface area contributed by atoms with E-state index in [1.165, 1.54) is 12.1 Å². The predicted octanol–water partition coefficient (Wildman–Crippen LogP) is 3.39. The Hall–Kier alpha value is -1.07. The van der Waals surface area contributed by atoms with Crippen LogP contribution in [0.1, 0.15) is 31.1 Å². The summed E-state index contributed by atoms with van der Waals surface area (Å²) in [5.74, 6) is 0. The summed E-state index contributed by atoms with van der Waals surface area (Å²) in [5.41, 5.74) is -0.459. The molecule has 1 N–H and O–H groups in total. The van der Waals surface area contributed by atoms with Gasteiger partial charge in [-0.25, -0.2) is 0 Å². The van der Waals surface area contributed by atoms with Gasteiger partial charge in [0.2, 0.25) is 0 Å². The number of nitrogens with one attached hydrogen (secondary N) is 1. The van der Waals surface area contributed by atoms with Crippen molar-refractivity contribution in [3.8, 4) is 0 Å². The first-order valence-electron chi connectivity index (χ1n) is 5.82. The average molecular weight is 261 g/mol. The fraction of sp³-hybridized carbons (Fsp3) is 0.538. The standard InChI is InChI=1S/C13H18F3NO/c1-9(2)18-12(8-17-3)10-6-4-5-7-11(10)13(14,15)16/h4-7,9,12,17H,8H2,1-3H3/t12-/m0/s1. The van der Waals surface area contributed by atoms with Gasteiger partial charge in [-0.1, -0.05) is 18.2 Å². The molecule has 0 aliphatic heterocycles. The molecule has 0 spiro atoms. The molecule has 1 aromatic rings. The molecule has 0 fully saturated rings. The zero-order valence-electron chi connectivity index (χ0n) is 10.7. The van der Waals surface area contributed by atoms with Crippen LogP contribution in [-0.2, 0) is 10.9 Å². The summed E-state index contributed by atoms with van der Waals surface area (Å²) in [7, 11) is 1.69. The molecular formula is C13H18F3NO. The Morgan fingerprint density at radius 3 is 2.33 bits per heavy atom. The van der Waals surface area contributed by atoms with Gasteiger partial charge in [0.25, 0.3) is 0 Å². The van der Waals surface area contributed by atoms with Crippen LogP contribution in [0, 0.1) is 0 Å². The lowest BCUT2D eigenvalue weighted by molar-refractivity contribution is -0.140. The second-order valence-corrected chi connectivity index (χ2v) is 4.32. The molecule has 0 amide bonds. The highest BCUT2D eigenvalue weighted by atomic mass is 19.4. The topological polar surface area (TPSA) is 21.3 Å². The summed E-state index contributed by atoms with van der Waals surface area (Å²) in [5, 5.41) is 2.86. The van der Waals surface area contributed by atoms with Crippen molar-refractivity contribution in [3.63, 3.8) is 0 Å². The van der Waals surface area contributed by atoms with E-state index in [1.807, 2.05) is 0 Å². The van der Waals surface area contributed by atoms with E-state index in [2.05, 4.69) is 5.32 Å². The summed E-state index contributed by atoms with van der Waals surface area (Å²) in [6.07, 6.45) is -5.10. The molecule has 0 heterocycles. The summed E-state index contributed by atoms with van der Waals surface area (Å²) in [6, 6.07) is 5.53. The monoisotopic (exact) mass is 261 g/mol. The number of hydrogen-bond acceptors (Lipinski definition) is 2. The Morgan fingerprint density at radius 2 is 1.83 bits per heavy atom. The van der Waals surface area contributed by atoms with E-state index in [0.717, 1.165) is 6.07 Å². The molecule has 0 unspecified atom stereocenters. The van der Waals surface area contributed by atoms with E-state index in [9.17, 15) is 13.2 Å². The number of rotatable bonds is 5. The number of alkyl halides is 3. The van der Waals surface area contributed by atoms with E-state index in [4.69, 9.17) is 4.74 Å². The number of ether oxygens (including phenoxy) is 1. The fourth-order valence-corrected chi connectivity index (χ4v) is 1.78. The molecule has 0 saturated heterocycles. The van der Waals surface area contributed by atoms with E-state index in [1.54, 1.807) is 27.0 Å². The molecule has 18 heavy (non-hydrogen) atoms. The van der Waals surface area contributed by atoms with E-state index in [-0.39, 0.29) is 11.7 Å².